The number of nitrogens with zero attached hydrogens (tertiary/aromatic N) is 2. The molecule has 1 aliphatic heterocycles. The van der Waals surface area contributed by atoms with Crippen molar-refractivity contribution in [2.45, 2.75) is 19.3 Å². The lowest BCUT2D eigenvalue weighted by Gasteiger charge is -2.48. The van der Waals surface area contributed by atoms with Gasteiger partial charge in [0.1, 0.15) is 11.3 Å². The number of esters is 1. The van der Waals surface area contributed by atoms with E-state index in [0.29, 0.717) is 6.67 Å². The lowest BCUT2D eigenvalue weighted by Crippen LogP contribution is -2.60. The summed E-state index contributed by atoms with van der Waals surface area (Å²) in [7, 11) is 1.96. The summed E-state index contributed by atoms with van der Waals surface area (Å²) in [5, 5.41) is 0. The molecule has 4 rings (SSSR count). The Kier molecular flexibility index (Phi) is 5.20. The number of amides is 1. The summed E-state index contributed by atoms with van der Waals surface area (Å²) in [6.07, 6.45) is 3.90. The molecule has 1 saturated heterocycles. The van der Waals surface area contributed by atoms with Gasteiger partial charge in [0.05, 0.1) is 13.3 Å². The first-order valence-electron chi connectivity index (χ1n) is 10.2. The first kappa shape index (κ1) is 20.0. The largest absolute Gasteiger partial charge is 0.465 e. The van der Waals surface area contributed by atoms with Gasteiger partial charge in [-0.25, -0.2) is 0 Å². The number of fused-ring (bicyclic) bond motifs is 1. The van der Waals surface area contributed by atoms with Crippen molar-refractivity contribution in [1.29, 1.82) is 0 Å². The Morgan fingerprint density at radius 3 is 2.37 bits per heavy atom. The normalized spacial score (nSPS) is 23.4. The third kappa shape index (κ3) is 3.11. The molecule has 0 N–H and O–H groups in total. The number of hydrogen-bond donors (Lipinski definition) is 0. The minimum absolute atomic E-state index is 0.105. The van der Waals surface area contributed by atoms with Crippen LogP contribution in [0.15, 0.2) is 84.1 Å². The van der Waals surface area contributed by atoms with E-state index in [9.17, 15) is 9.59 Å². The number of benzene rings is 2. The Labute approximate surface area is 177 Å². The molecular weight excluding hydrogens is 376 g/mol. The number of rotatable bonds is 4. The van der Waals surface area contributed by atoms with Crippen LogP contribution >= 0.6 is 0 Å². The highest BCUT2D eigenvalue weighted by molar-refractivity contribution is 6.04. The average Bonchev–Trinajstić information content (AvgIpc) is 2.76. The van der Waals surface area contributed by atoms with Gasteiger partial charge in [-0.1, -0.05) is 60.2 Å². The highest BCUT2D eigenvalue weighted by atomic mass is 16.5. The van der Waals surface area contributed by atoms with Gasteiger partial charge in [-0.05, 0) is 37.6 Å². The Morgan fingerprint density at radius 2 is 1.73 bits per heavy atom. The van der Waals surface area contributed by atoms with E-state index >= 15 is 0 Å². The molecule has 2 unspecified atom stereocenters. The molecule has 0 spiro atoms. The van der Waals surface area contributed by atoms with Crippen molar-refractivity contribution in [1.82, 2.24) is 4.90 Å². The third-order valence-electron chi connectivity index (χ3n) is 5.82. The summed E-state index contributed by atoms with van der Waals surface area (Å²) in [6, 6.07) is 19.1. The lowest BCUT2D eigenvalue weighted by atomic mass is 9.64. The number of anilines is 1. The smallest absolute Gasteiger partial charge is 0.321 e. The molecule has 1 fully saturated rings. The molecule has 1 amide bonds. The second kappa shape index (κ2) is 7.82. The molecule has 2 aromatic carbocycles. The number of carbonyl (C=O) groups excluding carboxylic acids is 2. The molecule has 2 aromatic rings. The van der Waals surface area contributed by atoms with Crippen molar-refractivity contribution < 1.29 is 14.3 Å². The monoisotopic (exact) mass is 402 g/mol. The molecular formula is C25H26N2O3. The van der Waals surface area contributed by atoms with Gasteiger partial charge >= 0.3 is 5.97 Å². The van der Waals surface area contributed by atoms with Crippen LogP contribution in [0.1, 0.15) is 19.4 Å². The van der Waals surface area contributed by atoms with Crippen molar-refractivity contribution in [2.24, 2.45) is 5.92 Å². The minimum atomic E-state index is -1.22. The highest BCUT2D eigenvalue weighted by Crippen LogP contribution is 2.47. The first-order chi connectivity index (χ1) is 14.5. The molecule has 2 aliphatic rings. The van der Waals surface area contributed by atoms with Gasteiger partial charge in [-0.2, -0.15) is 0 Å². The van der Waals surface area contributed by atoms with Crippen molar-refractivity contribution in [3.63, 3.8) is 0 Å². The van der Waals surface area contributed by atoms with Crippen LogP contribution in [0.3, 0.4) is 0 Å². The molecule has 30 heavy (non-hydrogen) atoms. The molecule has 1 aliphatic carbocycles. The molecule has 0 aromatic heterocycles. The topological polar surface area (TPSA) is 49.9 Å². The Balaban J connectivity index is 1.92. The van der Waals surface area contributed by atoms with Gasteiger partial charge in [0, 0.05) is 18.4 Å². The summed E-state index contributed by atoms with van der Waals surface area (Å²) < 4.78 is 5.56. The summed E-state index contributed by atoms with van der Waals surface area (Å²) in [4.78, 5) is 31.3. The SMILES string of the molecule is CCOC(=O)C1(c2ccccc2)C=C(C)C=C2C1C(=O)N(c1ccccc1)CN2C. The second-order valence-electron chi connectivity index (χ2n) is 7.79. The van der Waals surface area contributed by atoms with E-state index in [1.165, 1.54) is 0 Å². The first-order valence-corrected chi connectivity index (χ1v) is 10.2. The van der Waals surface area contributed by atoms with Gasteiger partial charge in [0.15, 0.2) is 0 Å². The van der Waals surface area contributed by atoms with E-state index in [4.69, 9.17) is 4.74 Å². The van der Waals surface area contributed by atoms with E-state index in [1.54, 1.807) is 11.8 Å². The van der Waals surface area contributed by atoms with E-state index < -0.39 is 17.3 Å². The van der Waals surface area contributed by atoms with Crippen LogP contribution in [0, 0.1) is 5.92 Å². The van der Waals surface area contributed by atoms with Gasteiger partial charge in [0.2, 0.25) is 5.91 Å². The van der Waals surface area contributed by atoms with E-state index in [-0.39, 0.29) is 12.5 Å². The summed E-state index contributed by atoms with van der Waals surface area (Å²) in [5.41, 5.74) is 2.13. The Hall–Kier alpha value is -3.34. The maximum Gasteiger partial charge on any atom is 0.321 e. The van der Waals surface area contributed by atoms with Crippen LogP contribution < -0.4 is 4.90 Å². The van der Waals surface area contributed by atoms with Crippen LogP contribution in [0.25, 0.3) is 0 Å². The van der Waals surface area contributed by atoms with Crippen LogP contribution in [0.5, 0.6) is 0 Å². The average molecular weight is 402 g/mol. The van der Waals surface area contributed by atoms with Gasteiger partial charge in [-0.3, -0.25) is 14.5 Å². The molecule has 5 heteroatoms. The fourth-order valence-corrected chi connectivity index (χ4v) is 4.53. The Morgan fingerprint density at radius 1 is 1.10 bits per heavy atom. The molecule has 0 radical (unpaired) electrons. The van der Waals surface area contributed by atoms with E-state index in [1.807, 2.05) is 91.7 Å². The number of para-hydroxylation sites is 1. The molecule has 154 valence electrons. The quantitative estimate of drug-likeness (QED) is 0.728. The zero-order chi connectivity index (χ0) is 21.3. The van der Waals surface area contributed by atoms with E-state index in [0.717, 1.165) is 22.5 Å². The molecule has 1 heterocycles. The van der Waals surface area contributed by atoms with Crippen molar-refractivity contribution in [3.05, 3.63) is 89.6 Å². The predicted octanol–water partition coefficient (Wildman–Crippen LogP) is 3.88. The zero-order valence-electron chi connectivity index (χ0n) is 17.5. The van der Waals surface area contributed by atoms with Crippen LogP contribution in [-0.2, 0) is 19.7 Å². The summed E-state index contributed by atoms with van der Waals surface area (Å²) in [5.74, 6) is -1.21. The lowest BCUT2D eigenvalue weighted by molar-refractivity contribution is -0.152. The van der Waals surface area contributed by atoms with Crippen molar-refractivity contribution in [2.75, 3.05) is 25.2 Å². The molecule has 0 saturated carbocycles. The summed E-state index contributed by atoms with van der Waals surface area (Å²) in [6.45, 7) is 4.42. The summed E-state index contributed by atoms with van der Waals surface area (Å²) >= 11 is 0. The second-order valence-corrected chi connectivity index (χ2v) is 7.79. The number of ether oxygens (including phenoxy) is 1. The Bertz CT molecular complexity index is 1010. The van der Waals surface area contributed by atoms with E-state index in [2.05, 4.69) is 0 Å². The van der Waals surface area contributed by atoms with Crippen LogP contribution in [-0.4, -0.2) is 37.1 Å². The highest BCUT2D eigenvalue weighted by Gasteiger charge is 2.56. The third-order valence-corrected chi connectivity index (χ3v) is 5.82. The van der Waals surface area contributed by atoms with Gasteiger partial charge < -0.3 is 9.64 Å². The number of hydrogen-bond acceptors (Lipinski definition) is 4. The van der Waals surface area contributed by atoms with Crippen molar-refractivity contribution in [3.8, 4) is 0 Å². The standard InChI is InChI=1S/C25H26N2O3/c1-4-30-24(29)25(19-11-7-5-8-12-19)16-18(2)15-21-22(25)23(28)27(17-26(21)3)20-13-9-6-10-14-20/h5-16,22H,4,17H2,1-3H3. The predicted molar refractivity (Wildman–Crippen MR) is 117 cm³/mol. The number of allylic oxidation sites excluding steroid dienone is 2. The fraction of sp³-hybridized carbons (Fsp3) is 0.280. The molecule has 5 nitrogen and oxygen atoms in total. The van der Waals surface area contributed by atoms with Crippen LogP contribution in [0.4, 0.5) is 5.69 Å². The van der Waals surface area contributed by atoms with Crippen LogP contribution in [0.2, 0.25) is 0 Å². The van der Waals surface area contributed by atoms with Crippen molar-refractivity contribution >= 4 is 17.6 Å². The minimum Gasteiger partial charge on any atom is -0.465 e. The number of carbonyl (C=O) groups is 2. The molecule has 0 bridgehead atoms. The fourth-order valence-electron chi connectivity index (χ4n) is 4.53. The zero-order valence-corrected chi connectivity index (χ0v) is 17.5. The maximum atomic E-state index is 13.9. The van der Waals surface area contributed by atoms with Gasteiger partial charge in [0.25, 0.3) is 0 Å². The van der Waals surface area contributed by atoms with Gasteiger partial charge in [-0.15, -0.1) is 0 Å². The molecule has 2 atom stereocenters. The maximum absolute atomic E-state index is 13.9.